The molecule has 0 spiro atoms. The standard InChI is InChI=1S/C7H13NO2/c1-3-7(5-9)4-8(2)6-10/h5-7H,3-4H2,1-2H3. The lowest BCUT2D eigenvalue weighted by molar-refractivity contribution is -0.118. The molecule has 3 heteroatoms. The largest absolute Gasteiger partial charge is 0.348 e. The van der Waals surface area contributed by atoms with Gasteiger partial charge in [0.15, 0.2) is 0 Å². The highest BCUT2D eigenvalue weighted by atomic mass is 16.1. The summed E-state index contributed by atoms with van der Waals surface area (Å²) in [5, 5.41) is 0. The number of nitrogens with zero attached hydrogens (tertiary/aromatic N) is 1. The molecule has 58 valence electrons. The zero-order chi connectivity index (χ0) is 7.98. The molecular weight excluding hydrogens is 130 g/mol. The highest BCUT2D eigenvalue weighted by Gasteiger charge is 2.05. The van der Waals surface area contributed by atoms with Gasteiger partial charge in [0, 0.05) is 19.5 Å². The number of rotatable bonds is 5. The van der Waals surface area contributed by atoms with E-state index in [4.69, 9.17) is 0 Å². The lowest BCUT2D eigenvalue weighted by Gasteiger charge is -2.13. The summed E-state index contributed by atoms with van der Waals surface area (Å²) in [6, 6.07) is 0. The fourth-order valence-electron chi connectivity index (χ4n) is 0.681. The van der Waals surface area contributed by atoms with Crippen molar-refractivity contribution >= 4 is 12.7 Å². The van der Waals surface area contributed by atoms with Crippen molar-refractivity contribution in [3.8, 4) is 0 Å². The Morgan fingerprint density at radius 2 is 2.10 bits per heavy atom. The Morgan fingerprint density at radius 3 is 2.40 bits per heavy atom. The summed E-state index contributed by atoms with van der Waals surface area (Å²) >= 11 is 0. The van der Waals surface area contributed by atoms with Gasteiger partial charge in [0.05, 0.1) is 0 Å². The van der Waals surface area contributed by atoms with Gasteiger partial charge in [-0.05, 0) is 6.42 Å². The molecule has 0 saturated heterocycles. The molecule has 3 nitrogen and oxygen atoms in total. The van der Waals surface area contributed by atoms with Crippen molar-refractivity contribution in [1.82, 2.24) is 4.90 Å². The molecular formula is C7H13NO2. The highest BCUT2D eigenvalue weighted by molar-refractivity contribution is 5.55. The third-order valence-corrected chi connectivity index (χ3v) is 1.42. The van der Waals surface area contributed by atoms with Gasteiger partial charge in [-0.15, -0.1) is 0 Å². The van der Waals surface area contributed by atoms with Crippen LogP contribution in [0, 0.1) is 5.92 Å². The second kappa shape index (κ2) is 4.97. The summed E-state index contributed by atoms with van der Waals surface area (Å²) in [5.41, 5.74) is 0. The molecule has 10 heavy (non-hydrogen) atoms. The maximum atomic E-state index is 10.2. The van der Waals surface area contributed by atoms with Gasteiger partial charge < -0.3 is 9.69 Å². The van der Waals surface area contributed by atoms with Gasteiger partial charge in [0.25, 0.3) is 0 Å². The van der Waals surface area contributed by atoms with Crippen molar-refractivity contribution in [1.29, 1.82) is 0 Å². The maximum absolute atomic E-state index is 10.2. The first-order valence-corrected chi connectivity index (χ1v) is 3.35. The minimum absolute atomic E-state index is 0.00444. The predicted octanol–water partition coefficient (Wildman–Crippen LogP) is 0.300. The Hall–Kier alpha value is -0.860. The van der Waals surface area contributed by atoms with E-state index in [0.29, 0.717) is 6.54 Å². The van der Waals surface area contributed by atoms with Crippen LogP contribution in [0.25, 0.3) is 0 Å². The zero-order valence-corrected chi connectivity index (χ0v) is 6.41. The van der Waals surface area contributed by atoms with Gasteiger partial charge in [0.1, 0.15) is 6.29 Å². The number of hydrogen-bond acceptors (Lipinski definition) is 2. The van der Waals surface area contributed by atoms with Gasteiger partial charge in [-0.1, -0.05) is 6.92 Å². The zero-order valence-electron chi connectivity index (χ0n) is 6.41. The lowest BCUT2D eigenvalue weighted by Crippen LogP contribution is -2.24. The van der Waals surface area contributed by atoms with Crippen molar-refractivity contribution in [3.05, 3.63) is 0 Å². The average Bonchev–Trinajstić information content (AvgIpc) is 1.99. The molecule has 0 aromatic carbocycles. The van der Waals surface area contributed by atoms with E-state index in [1.165, 1.54) is 4.90 Å². The van der Waals surface area contributed by atoms with Crippen molar-refractivity contribution in [3.63, 3.8) is 0 Å². The average molecular weight is 143 g/mol. The minimum atomic E-state index is -0.00444. The van der Waals surface area contributed by atoms with E-state index in [1.54, 1.807) is 7.05 Å². The monoisotopic (exact) mass is 143 g/mol. The van der Waals surface area contributed by atoms with E-state index in [0.717, 1.165) is 19.1 Å². The molecule has 0 heterocycles. The van der Waals surface area contributed by atoms with Crippen LogP contribution in [-0.2, 0) is 9.59 Å². The predicted molar refractivity (Wildman–Crippen MR) is 38.5 cm³/mol. The van der Waals surface area contributed by atoms with Crippen LogP contribution in [0.3, 0.4) is 0 Å². The smallest absolute Gasteiger partial charge is 0.209 e. The number of carbonyl (C=O) groups excluding carboxylic acids is 2. The molecule has 1 atom stereocenters. The number of hydrogen-bond donors (Lipinski definition) is 0. The van der Waals surface area contributed by atoms with Crippen LogP contribution >= 0.6 is 0 Å². The van der Waals surface area contributed by atoms with Gasteiger partial charge >= 0.3 is 0 Å². The molecule has 0 saturated carbocycles. The summed E-state index contributed by atoms with van der Waals surface area (Å²) in [6.45, 7) is 2.46. The van der Waals surface area contributed by atoms with E-state index in [1.807, 2.05) is 6.92 Å². The number of carbonyl (C=O) groups is 2. The van der Waals surface area contributed by atoms with Crippen molar-refractivity contribution in [2.45, 2.75) is 13.3 Å². The van der Waals surface area contributed by atoms with Gasteiger partial charge in [-0.2, -0.15) is 0 Å². The van der Waals surface area contributed by atoms with Crippen LogP contribution in [0.2, 0.25) is 0 Å². The fourth-order valence-corrected chi connectivity index (χ4v) is 0.681. The normalized spacial score (nSPS) is 12.2. The highest BCUT2D eigenvalue weighted by Crippen LogP contribution is 1.98. The van der Waals surface area contributed by atoms with Crippen LogP contribution in [0.4, 0.5) is 0 Å². The SMILES string of the molecule is CCC(C=O)CN(C)C=O. The van der Waals surface area contributed by atoms with Crippen LogP contribution in [0.5, 0.6) is 0 Å². The third kappa shape index (κ3) is 3.22. The molecule has 0 aliphatic heterocycles. The lowest BCUT2D eigenvalue weighted by atomic mass is 10.1. The van der Waals surface area contributed by atoms with E-state index >= 15 is 0 Å². The van der Waals surface area contributed by atoms with Gasteiger partial charge in [-0.3, -0.25) is 4.79 Å². The van der Waals surface area contributed by atoms with Crippen LogP contribution in [0.15, 0.2) is 0 Å². The number of amides is 1. The molecule has 0 aliphatic carbocycles. The van der Waals surface area contributed by atoms with Crippen molar-refractivity contribution in [2.75, 3.05) is 13.6 Å². The molecule has 1 unspecified atom stereocenters. The Morgan fingerprint density at radius 1 is 1.50 bits per heavy atom. The molecule has 0 aromatic rings. The first kappa shape index (κ1) is 9.14. The van der Waals surface area contributed by atoms with Gasteiger partial charge in [0.2, 0.25) is 6.41 Å². The summed E-state index contributed by atoms with van der Waals surface area (Å²) in [7, 11) is 1.67. The van der Waals surface area contributed by atoms with Crippen LogP contribution in [-0.4, -0.2) is 31.2 Å². The number of aldehydes is 1. The third-order valence-electron chi connectivity index (χ3n) is 1.42. The Labute approximate surface area is 61.0 Å². The Kier molecular flexibility index (Phi) is 4.54. The van der Waals surface area contributed by atoms with E-state index in [-0.39, 0.29) is 5.92 Å². The van der Waals surface area contributed by atoms with E-state index < -0.39 is 0 Å². The first-order chi connectivity index (χ1) is 4.74. The molecule has 0 aliphatic rings. The van der Waals surface area contributed by atoms with E-state index in [2.05, 4.69) is 0 Å². The Bertz CT molecular complexity index is 114. The fraction of sp³-hybridized carbons (Fsp3) is 0.714. The second-order valence-electron chi connectivity index (χ2n) is 2.35. The maximum Gasteiger partial charge on any atom is 0.209 e. The quantitative estimate of drug-likeness (QED) is 0.519. The van der Waals surface area contributed by atoms with Crippen LogP contribution < -0.4 is 0 Å². The molecule has 0 rings (SSSR count). The molecule has 0 aromatic heterocycles. The summed E-state index contributed by atoms with van der Waals surface area (Å²) < 4.78 is 0. The Balaban J connectivity index is 3.61. The molecule has 0 bridgehead atoms. The van der Waals surface area contributed by atoms with Gasteiger partial charge in [-0.25, -0.2) is 0 Å². The van der Waals surface area contributed by atoms with Crippen molar-refractivity contribution < 1.29 is 9.59 Å². The van der Waals surface area contributed by atoms with Crippen LogP contribution in [0.1, 0.15) is 13.3 Å². The summed E-state index contributed by atoms with van der Waals surface area (Å²) in [6.07, 6.45) is 2.41. The van der Waals surface area contributed by atoms with Crippen molar-refractivity contribution in [2.24, 2.45) is 5.92 Å². The molecule has 1 amide bonds. The molecule has 0 radical (unpaired) electrons. The minimum Gasteiger partial charge on any atom is -0.348 e. The molecule has 0 fully saturated rings. The topological polar surface area (TPSA) is 37.4 Å². The summed E-state index contributed by atoms with van der Waals surface area (Å²) in [5.74, 6) is -0.00444. The molecule has 0 N–H and O–H groups in total. The first-order valence-electron chi connectivity index (χ1n) is 3.35. The summed E-state index contributed by atoms with van der Waals surface area (Å²) in [4.78, 5) is 21.8. The van der Waals surface area contributed by atoms with E-state index in [9.17, 15) is 9.59 Å². The second-order valence-corrected chi connectivity index (χ2v) is 2.35.